The molecular formula is C16H26BrIN4O2. The second-order valence-electron chi connectivity index (χ2n) is 5.18. The number of hydrogen-bond donors (Lipinski definition) is 2. The van der Waals surface area contributed by atoms with Crippen LogP contribution in [0.1, 0.15) is 0 Å². The molecule has 2 N–H and O–H groups in total. The molecule has 1 aromatic carbocycles. The number of aliphatic imine (C=N–C) groups is 1. The molecule has 6 nitrogen and oxygen atoms in total. The van der Waals surface area contributed by atoms with Crippen LogP contribution in [-0.4, -0.2) is 70.5 Å². The Morgan fingerprint density at radius 1 is 1.21 bits per heavy atom. The number of ether oxygens (including phenoxy) is 2. The maximum absolute atomic E-state index is 5.67. The fourth-order valence-corrected chi connectivity index (χ4v) is 2.51. The number of nitrogens with one attached hydrogen (secondary N) is 2. The Morgan fingerprint density at radius 3 is 2.54 bits per heavy atom. The molecule has 0 aliphatic carbocycles. The lowest BCUT2D eigenvalue weighted by Gasteiger charge is -2.26. The summed E-state index contributed by atoms with van der Waals surface area (Å²) in [5.74, 6) is 1.67. The Labute approximate surface area is 169 Å². The van der Waals surface area contributed by atoms with Gasteiger partial charge in [0, 0.05) is 37.7 Å². The third-order valence-corrected chi connectivity index (χ3v) is 4.05. The molecule has 1 fully saturated rings. The predicted molar refractivity (Wildman–Crippen MR) is 112 cm³/mol. The first-order chi connectivity index (χ1) is 11.3. The zero-order valence-electron chi connectivity index (χ0n) is 14.0. The molecule has 1 aliphatic rings. The molecule has 0 aromatic heterocycles. The highest BCUT2D eigenvalue weighted by molar-refractivity contribution is 14.0. The quantitative estimate of drug-likeness (QED) is 0.253. The second-order valence-corrected chi connectivity index (χ2v) is 6.10. The van der Waals surface area contributed by atoms with E-state index in [9.17, 15) is 0 Å². The number of nitrogens with zero attached hydrogens (tertiary/aromatic N) is 2. The number of rotatable bonds is 7. The molecule has 2 rings (SSSR count). The highest BCUT2D eigenvalue weighted by atomic mass is 127. The van der Waals surface area contributed by atoms with E-state index in [0.29, 0.717) is 13.2 Å². The number of hydrogen-bond acceptors (Lipinski definition) is 4. The summed E-state index contributed by atoms with van der Waals surface area (Å²) < 4.78 is 12.1. The van der Waals surface area contributed by atoms with Crippen LogP contribution >= 0.6 is 39.9 Å². The van der Waals surface area contributed by atoms with E-state index in [1.54, 1.807) is 7.05 Å². The van der Waals surface area contributed by atoms with Gasteiger partial charge >= 0.3 is 0 Å². The van der Waals surface area contributed by atoms with E-state index in [-0.39, 0.29) is 24.0 Å². The molecule has 0 atom stereocenters. The van der Waals surface area contributed by atoms with E-state index < -0.39 is 0 Å². The molecule has 0 saturated carbocycles. The van der Waals surface area contributed by atoms with Crippen molar-refractivity contribution < 1.29 is 9.47 Å². The first kappa shape index (κ1) is 21.5. The molecule has 0 spiro atoms. The highest BCUT2D eigenvalue weighted by Gasteiger charge is 2.09. The standard InChI is InChI=1S/C16H25BrN4O2.HI/c1-18-16(19-6-8-21-9-12-22-13-10-21)20-7-11-23-15-4-2-14(17)3-5-15;/h2-5H,6-13H2,1H3,(H2,18,19,20);1H. The molecule has 0 amide bonds. The summed E-state index contributed by atoms with van der Waals surface area (Å²) in [4.78, 5) is 6.61. The van der Waals surface area contributed by atoms with E-state index in [4.69, 9.17) is 9.47 Å². The van der Waals surface area contributed by atoms with Crippen LogP contribution in [0.4, 0.5) is 0 Å². The molecule has 1 heterocycles. The minimum atomic E-state index is 0. The van der Waals surface area contributed by atoms with Crippen molar-refractivity contribution in [2.45, 2.75) is 0 Å². The maximum Gasteiger partial charge on any atom is 0.191 e. The van der Waals surface area contributed by atoms with Gasteiger partial charge in [0.1, 0.15) is 12.4 Å². The predicted octanol–water partition coefficient (Wildman–Crippen LogP) is 1.94. The van der Waals surface area contributed by atoms with E-state index in [2.05, 4.69) is 36.5 Å². The van der Waals surface area contributed by atoms with Gasteiger partial charge in [0.25, 0.3) is 0 Å². The molecule has 1 aromatic rings. The number of halogens is 2. The summed E-state index contributed by atoms with van der Waals surface area (Å²) >= 11 is 3.41. The zero-order valence-corrected chi connectivity index (χ0v) is 17.9. The van der Waals surface area contributed by atoms with Gasteiger partial charge in [0.2, 0.25) is 0 Å². The largest absolute Gasteiger partial charge is 0.492 e. The van der Waals surface area contributed by atoms with Crippen molar-refractivity contribution in [2.75, 3.05) is 59.6 Å². The summed E-state index contributed by atoms with van der Waals surface area (Å²) in [6, 6.07) is 7.82. The SMILES string of the molecule is CN=C(NCCOc1ccc(Br)cc1)NCCN1CCOCC1.I. The van der Waals surface area contributed by atoms with Gasteiger partial charge in [0.05, 0.1) is 19.8 Å². The van der Waals surface area contributed by atoms with Crippen molar-refractivity contribution >= 4 is 45.9 Å². The van der Waals surface area contributed by atoms with Gasteiger partial charge in [-0.2, -0.15) is 0 Å². The molecule has 1 aliphatic heterocycles. The molecule has 24 heavy (non-hydrogen) atoms. The number of guanidine groups is 1. The zero-order chi connectivity index (χ0) is 16.3. The van der Waals surface area contributed by atoms with Gasteiger partial charge in [-0.25, -0.2) is 0 Å². The minimum Gasteiger partial charge on any atom is -0.492 e. The van der Waals surface area contributed by atoms with Crippen molar-refractivity contribution in [3.05, 3.63) is 28.7 Å². The number of benzene rings is 1. The van der Waals surface area contributed by atoms with Gasteiger partial charge in [-0.3, -0.25) is 9.89 Å². The van der Waals surface area contributed by atoms with Crippen molar-refractivity contribution in [3.63, 3.8) is 0 Å². The fourth-order valence-electron chi connectivity index (χ4n) is 2.25. The lowest BCUT2D eigenvalue weighted by Crippen LogP contribution is -2.45. The highest BCUT2D eigenvalue weighted by Crippen LogP contribution is 2.15. The van der Waals surface area contributed by atoms with Crippen LogP contribution < -0.4 is 15.4 Å². The summed E-state index contributed by atoms with van der Waals surface area (Å²) in [7, 11) is 1.78. The Balaban J connectivity index is 0.00000288. The summed E-state index contributed by atoms with van der Waals surface area (Å²) in [6.45, 7) is 6.84. The van der Waals surface area contributed by atoms with Gasteiger partial charge in [-0.1, -0.05) is 15.9 Å². The first-order valence-electron chi connectivity index (χ1n) is 7.91. The average Bonchev–Trinajstić information content (AvgIpc) is 2.59. The van der Waals surface area contributed by atoms with Crippen LogP contribution in [0.5, 0.6) is 5.75 Å². The van der Waals surface area contributed by atoms with Crippen LogP contribution in [0.2, 0.25) is 0 Å². The van der Waals surface area contributed by atoms with Crippen LogP contribution in [0, 0.1) is 0 Å². The smallest absolute Gasteiger partial charge is 0.191 e. The van der Waals surface area contributed by atoms with Gasteiger partial charge in [0.15, 0.2) is 5.96 Å². The first-order valence-corrected chi connectivity index (χ1v) is 8.70. The molecule has 136 valence electrons. The monoisotopic (exact) mass is 512 g/mol. The van der Waals surface area contributed by atoms with Crippen molar-refractivity contribution in [2.24, 2.45) is 4.99 Å². The van der Waals surface area contributed by atoms with E-state index >= 15 is 0 Å². The lowest BCUT2D eigenvalue weighted by atomic mass is 10.3. The molecule has 1 saturated heterocycles. The Bertz CT molecular complexity index is 481. The third-order valence-electron chi connectivity index (χ3n) is 3.52. The van der Waals surface area contributed by atoms with Crippen LogP contribution in [-0.2, 0) is 4.74 Å². The van der Waals surface area contributed by atoms with E-state index in [1.807, 2.05) is 24.3 Å². The van der Waals surface area contributed by atoms with Crippen molar-refractivity contribution in [3.8, 4) is 5.75 Å². The molecule has 0 radical (unpaired) electrons. The maximum atomic E-state index is 5.67. The Kier molecular flexibility index (Phi) is 11.4. The van der Waals surface area contributed by atoms with Crippen LogP contribution in [0.3, 0.4) is 0 Å². The molecule has 0 unspecified atom stereocenters. The average molecular weight is 513 g/mol. The normalized spacial score (nSPS) is 15.5. The molecular weight excluding hydrogens is 487 g/mol. The van der Waals surface area contributed by atoms with Crippen molar-refractivity contribution in [1.29, 1.82) is 0 Å². The number of morpholine rings is 1. The van der Waals surface area contributed by atoms with Gasteiger partial charge < -0.3 is 20.1 Å². The lowest BCUT2D eigenvalue weighted by molar-refractivity contribution is 0.0389. The fraction of sp³-hybridized carbons (Fsp3) is 0.562. The van der Waals surface area contributed by atoms with Gasteiger partial charge in [-0.15, -0.1) is 24.0 Å². The van der Waals surface area contributed by atoms with Gasteiger partial charge in [-0.05, 0) is 24.3 Å². The van der Waals surface area contributed by atoms with E-state index in [0.717, 1.165) is 55.6 Å². The topological polar surface area (TPSA) is 58.1 Å². The third kappa shape index (κ3) is 8.50. The second kappa shape index (κ2) is 12.7. The molecule has 8 heteroatoms. The minimum absolute atomic E-state index is 0. The van der Waals surface area contributed by atoms with E-state index in [1.165, 1.54) is 0 Å². The van der Waals surface area contributed by atoms with Crippen LogP contribution in [0.25, 0.3) is 0 Å². The summed E-state index contributed by atoms with van der Waals surface area (Å²) in [5, 5.41) is 6.57. The summed E-state index contributed by atoms with van der Waals surface area (Å²) in [5.41, 5.74) is 0. The van der Waals surface area contributed by atoms with Crippen LogP contribution in [0.15, 0.2) is 33.7 Å². The molecule has 0 bridgehead atoms. The Morgan fingerprint density at radius 2 is 1.88 bits per heavy atom. The summed E-state index contributed by atoms with van der Waals surface area (Å²) in [6.07, 6.45) is 0. The van der Waals surface area contributed by atoms with Crippen molar-refractivity contribution in [1.82, 2.24) is 15.5 Å². The Hall–Kier alpha value is -0.580.